The van der Waals surface area contributed by atoms with Crippen LogP contribution in [0, 0.1) is 13.8 Å². The summed E-state index contributed by atoms with van der Waals surface area (Å²) in [5.74, 6) is -0.565. The van der Waals surface area contributed by atoms with E-state index in [0.29, 0.717) is 24.3 Å². The lowest BCUT2D eigenvalue weighted by atomic mass is 10.1. The number of carbonyl (C=O) groups excluding carboxylic acids is 2. The number of nitrogens with zero attached hydrogens (tertiary/aromatic N) is 2. The van der Waals surface area contributed by atoms with Gasteiger partial charge in [0.05, 0.1) is 11.3 Å². The molecule has 0 atom stereocenters. The lowest BCUT2D eigenvalue weighted by molar-refractivity contribution is -0.116. The minimum absolute atomic E-state index is 0.0217. The van der Waals surface area contributed by atoms with Crippen LogP contribution in [0.3, 0.4) is 0 Å². The highest BCUT2D eigenvalue weighted by Crippen LogP contribution is 2.23. The molecule has 2 rings (SSSR count). The van der Waals surface area contributed by atoms with Crippen LogP contribution in [-0.4, -0.2) is 80.3 Å². The second-order valence-electron chi connectivity index (χ2n) is 7.83. The van der Waals surface area contributed by atoms with Gasteiger partial charge in [-0.2, -0.15) is 0 Å². The maximum Gasteiger partial charge on any atom is 0.256 e. The van der Waals surface area contributed by atoms with E-state index in [1.54, 1.807) is 19.1 Å². The topological polar surface area (TPSA) is 103 Å². The van der Waals surface area contributed by atoms with E-state index in [0.717, 1.165) is 30.6 Å². The molecule has 8 nitrogen and oxygen atoms in total. The maximum atomic E-state index is 13.1. The van der Waals surface area contributed by atoms with Crippen LogP contribution in [0.5, 0.6) is 0 Å². The van der Waals surface area contributed by atoms with Gasteiger partial charge in [0, 0.05) is 49.4 Å². The number of aromatic nitrogens is 1. The number of allylic oxidation sites excluding steroid dienone is 1. The Bertz CT molecular complexity index is 1010. The zero-order chi connectivity index (χ0) is 23.2. The van der Waals surface area contributed by atoms with E-state index in [1.165, 1.54) is 18.4 Å². The molecule has 1 fully saturated rings. The van der Waals surface area contributed by atoms with E-state index >= 15 is 0 Å². The fourth-order valence-corrected chi connectivity index (χ4v) is 3.79. The average molecular weight is 449 g/mol. The molecule has 31 heavy (non-hydrogen) atoms. The second kappa shape index (κ2) is 10.6. The van der Waals surface area contributed by atoms with Crippen molar-refractivity contribution in [3.05, 3.63) is 52.5 Å². The molecule has 170 valence electrons. The molecule has 2 amide bonds. The first-order chi connectivity index (χ1) is 14.5. The van der Waals surface area contributed by atoms with Crippen molar-refractivity contribution in [3.8, 4) is 0 Å². The summed E-state index contributed by atoms with van der Waals surface area (Å²) in [7, 11) is -1.16. The molecule has 1 aliphatic rings. The van der Waals surface area contributed by atoms with Crippen LogP contribution in [0.25, 0.3) is 6.08 Å². The first kappa shape index (κ1) is 24.6. The molecule has 0 unspecified atom stereocenters. The third kappa shape index (κ3) is 6.93. The molecule has 9 heteroatoms. The van der Waals surface area contributed by atoms with E-state index in [4.69, 9.17) is 0 Å². The van der Waals surface area contributed by atoms with Gasteiger partial charge in [-0.25, -0.2) is 8.42 Å². The Morgan fingerprint density at radius 1 is 1.16 bits per heavy atom. The molecular formula is C22H32N4O4S. The SMILES string of the molecule is C/C=C/NC(=O)C(=C\c1[nH]c(C)c(C(=O)N2CCN(C)CC2)c1C)/C=C/CS(C)(=O)=O. The predicted molar refractivity (Wildman–Crippen MR) is 123 cm³/mol. The molecule has 1 saturated heterocycles. The molecular weight excluding hydrogens is 416 g/mol. The van der Waals surface area contributed by atoms with Crippen molar-refractivity contribution in [2.45, 2.75) is 20.8 Å². The highest BCUT2D eigenvalue weighted by molar-refractivity contribution is 7.90. The van der Waals surface area contributed by atoms with Crippen molar-refractivity contribution in [1.82, 2.24) is 20.1 Å². The van der Waals surface area contributed by atoms with Crippen LogP contribution in [0.15, 0.2) is 30.0 Å². The fourth-order valence-electron chi connectivity index (χ4n) is 3.34. The zero-order valence-electron chi connectivity index (χ0n) is 18.9. The molecule has 2 N–H and O–H groups in total. The quantitative estimate of drug-likeness (QED) is 0.488. The monoisotopic (exact) mass is 448 g/mol. The largest absolute Gasteiger partial charge is 0.358 e. The van der Waals surface area contributed by atoms with E-state index in [2.05, 4.69) is 15.2 Å². The zero-order valence-corrected chi connectivity index (χ0v) is 19.7. The van der Waals surface area contributed by atoms with Gasteiger partial charge < -0.3 is 20.1 Å². The van der Waals surface area contributed by atoms with Crippen LogP contribution in [0.4, 0.5) is 0 Å². The normalized spacial score (nSPS) is 16.4. The van der Waals surface area contributed by atoms with Gasteiger partial charge in [-0.3, -0.25) is 9.59 Å². The molecule has 0 radical (unpaired) electrons. The Morgan fingerprint density at radius 3 is 2.39 bits per heavy atom. The molecule has 0 aliphatic carbocycles. The Morgan fingerprint density at radius 2 is 1.81 bits per heavy atom. The van der Waals surface area contributed by atoms with Crippen molar-refractivity contribution >= 4 is 27.7 Å². The third-order valence-corrected chi connectivity index (χ3v) is 5.92. The minimum atomic E-state index is -3.19. The smallest absolute Gasteiger partial charge is 0.256 e. The van der Waals surface area contributed by atoms with Gasteiger partial charge in [0.2, 0.25) is 0 Å². The van der Waals surface area contributed by atoms with E-state index in [9.17, 15) is 18.0 Å². The summed E-state index contributed by atoms with van der Waals surface area (Å²) >= 11 is 0. The number of nitrogens with one attached hydrogen (secondary N) is 2. The summed E-state index contributed by atoms with van der Waals surface area (Å²) in [6.07, 6.45) is 8.90. The van der Waals surface area contributed by atoms with Gasteiger partial charge in [0.15, 0.2) is 9.84 Å². The number of H-pyrrole nitrogens is 1. The number of rotatable bonds is 7. The van der Waals surface area contributed by atoms with Crippen LogP contribution < -0.4 is 5.32 Å². The van der Waals surface area contributed by atoms with E-state index in [-0.39, 0.29) is 23.1 Å². The summed E-state index contributed by atoms with van der Waals surface area (Å²) < 4.78 is 22.9. The Balaban J connectivity index is 2.37. The minimum Gasteiger partial charge on any atom is -0.358 e. The van der Waals surface area contributed by atoms with Crippen LogP contribution in [0.2, 0.25) is 0 Å². The molecule has 0 bridgehead atoms. The molecule has 0 saturated carbocycles. The molecule has 2 heterocycles. The summed E-state index contributed by atoms with van der Waals surface area (Å²) in [5.41, 5.74) is 3.04. The number of hydrogen-bond donors (Lipinski definition) is 2. The fraction of sp³-hybridized carbons (Fsp3) is 0.455. The molecule has 1 aromatic rings. The maximum absolute atomic E-state index is 13.1. The van der Waals surface area contributed by atoms with E-state index in [1.807, 2.05) is 25.8 Å². The number of sulfone groups is 1. The third-order valence-electron chi connectivity index (χ3n) is 5.12. The van der Waals surface area contributed by atoms with Gasteiger partial charge in [0.1, 0.15) is 0 Å². The first-order valence-corrected chi connectivity index (χ1v) is 12.2. The highest BCUT2D eigenvalue weighted by Gasteiger charge is 2.25. The summed E-state index contributed by atoms with van der Waals surface area (Å²) in [5, 5.41) is 2.64. The van der Waals surface area contributed by atoms with Crippen LogP contribution >= 0.6 is 0 Å². The predicted octanol–water partition coefficient (Wildman–Crippen LogP) is 1.65. The van der Waals surface area contributed by atoms with Crippen LogP contribution in [-0.2, 0) is 14.6 Å². The molecule has 1 aliphatic heterocycles. The van der Waals surface area contributed by atoms with Gasteiger partial charge in [0.25, 0.3) is 11.8 Å². The number of aromatic amines is 1. The lowest BCUT2D eigenvalue weighted by Gasteiger charge is -2.32. The number of piperazine rings is 1. The molecule has 0 aromatic carbocycles. The van der Waals surface area contributed by atoms with Gasteiger partial charge in [-0.15, -0.1) is 0 Å². The van der Waals surface area contributed by atoms with Crippen molar-refractivity contribution in [1.29, 1.82) is 0 Å². The van der Waals surface area contributed by atoms with Gasteiger partial charge in [-0.05, 0) is 45.7 Å². The Labute approximate surface area is 184 Å². The van der Waals surface area contributed by atoms with Crippen molar-refractivity contribution in [2.75, 3.05) is 45.2 Å². The van der Waals surface area contributed by atoms with Gasteiger partial charge >= 0.3 is 0 Å². The van der Waals surface area contributed by atoms with Crippen LogP contribution in [0.1, 0.15) is 34.2 Å². The molecule has 1 aromatic heterocycles. The Kier molecular flexibility index (Phi) is 8.41. The van der Waals surface area contributed by atoms with Crippen molar-refractivity contribution < 1.29 is 18.0 Å². The number of hydrogen-bond acceptors (Lipinski definition) is 5. The number of amides is 2. The number of likely N-dealkylation sites (N-methyl/N-ethyl adjacent to an activating group) is 1. The molecule has 0 spiro atoms. The summed E-state index contributed by atoms with van der Waals surface area (Å²) in [6.45, 7) is 8.49. The first-order valence-electron chi connectivity index (χ1n) is 10.2. The number of aryl methyl sites for hydroxylation is 1. The Hall–Kier alpha value is -2.65. The highest BCUT2D eigenvalue weighted by atomic mass is 32.2. The lowest BCUT2D eigenvalue weighted by Crippen LogP contribution is -2.47. The standard InChI is InChI=1S/C22H32N4O4S/c1-6-9-23-21(27)18(8-7-14-31(5,29)30)15-19-16(2)20(17(3)24-19)22(28)26-12-10-25(4)11-13-26/h6-9,15,24H,10-14H2,1-5H3,(H,23,27)/b8-7+,9-6+,18-15-. The van der Waals surface area contributed by atoms with Crippen molar-refractivity contribution in [3.63, 3.8) is 0 Å². The van der Waals surface area contributed by atoms with Crippen molar-refractivity contribution in [2.24, 2.45) is 0 Å². The second-order valence-corrected chi connectivity index (χ2v) is 10.0. The average Bonchev–Trinajstić information content (AvgIpc) is 2.97. The summed E-state index contributed by atoms with van der Waals surface area (Å²) in [4.78, 5) is 32.9. The van der Waals surface area contributed by atoms with Gasteiger partial charge in [-0.1, -0.05) is 18.2 Å². The van der Waals surface area contributed by atoms with E-state index < -0.39 is 9.84 Å². The summed E-state index contributed by atoms with van der Waals surface area (Å²) in [6, 6.07) is 0. The number of carbonyl (C=O) groups is 2.